The molecule has 0 aliphatic carbocycles. The standard InChI is InChI=1S/C17H17NO4/c1-3-22-13-9-7-12(8-10-13)16(19)18-15-6-4-5-14(11(15)2)17(20)21/h4-10H,3H2,1-2H3,(H,18,19)(H,20,21)/p-1. The Labute approximate surface area is 128 Å². The third-order valence-electron chi connectivity index (χ3n) is 3.23. The number of amides is 1. The van der Waals surface area contributed by atoms with Gasteiger partial charge in [0.05, 0.1) is 12.6 Å². The number of benzene rings is 2. The van der Waals surface area contributed by atoms with Crippen molar-refractivity contribution < 1.29 is 19.4 Å². The Morgan fingerprint density at radius 1 is 1.14 bits per heavy atom. The minimum absolute atomic E-state index is 0.0597. The summed E-state index contributed by atoms with van der Waals surface area (Å²) in [7, 11) is 0. The normalized spacial score (nSPS) is 10.1. The number of carbonyl (C=O) groups is 2. The van der Waals surface area contributed by atoms with Crippen molar-refractivity contribution in [2.24, 2.45) is 0 Å². The SMILES string of the molecule is CCOc1ccc(C(=O)Nc2cccc(C(=O)[O-])c2C)cc1. The lowest BCUT2D eigenvalue weighted by molar-refractivity contribution is -0.255. The zero-order chi connectivity index (χ0) is 16.1. The minimum atomic E-state index is -1.27. The monoisotopic (exact) mass is 298 g/mol. The average molecular weight is 298 g/mol. The Kier molecular flexibility index (Phi) is 4.78. The van der Waals surface area contributed by atoms with E-state index in [1.54, 1.807) is 43.3 Å². The van der Waals surface area contributed by atoms with Crippen molar-refractivity contribution >= 4 is 17.6 Å². The lowest BCUT2D eigenvalue weighted by Gasteiger charge is -2.13. The Morgan fingerprint density at radius 2 is 1.82 bits per heavy atom. The summed E-state index contributed by atoms with van der Waals surface area (Å²) >= 11 is 0. The number of carboxylic acid groups (broad SMARTS) is 1. The summed E-state index contributed by atoms with van der Waals surface area (Å²) in [6.07, 6.45) is 0. The van der Waals surface area contributed by atoms with Gasteiger partial charge in [0.25, 0.3) is 5.91 Å². The predicted molar refractivity (Wildman–Crippen MR) is 81.1 cm³/mol. The van der Waals surface area contributed by atoms with Gasteiger partial charge in [0, 0.05) is 16.8 Å². The van der Waals surface area contributed by atoms with Gasteiger partial charge in [-0.15, -0.1) is 0 Å². The third-order valence-corrected chi connectivity index (χ3v) is 3.23. The molecule has 2 rings (SSSR count). The molecule has 0 aromatic heterocycles. The van der Waals surface area contributed by atoms with E-state index in [0.717, 1.165) is 0 Å². The molecule has 0 saturated heterocycles. The van der Waals surface area contributed by atoms with Crippen LogP contribution >= 0.6 is 0 Å². The minimum Gasteiger partial charge on any atom is -0.545 e. The molecule has 0 heterocycles. The molecule has 22 heavy (non-hydrogen) atoms. The fourth-order valence-electron chi connectivity index (χ4n) is 2.06. The summed E-state index contributed by atoms with van der Waals surface area (Å²) in [4.78, 5) is 23.2. The lowest BCUT2D eigenvalue weighted by atomic mass is 10.1. The Balaban J connectivity index is 2.18. The number of ether oxygens (including phenoxy) is 1. The fraction of sp³-hybridized carbons (Fsp3) is 0.176. The van der Waals surface area contributed by atoms with Crippen LogP contribution < -0.4 is 15.2 Å². The van der Waals surface area contributed by atoms with Gasteiger partial charge in [-0.05, 0) is 49.7 Å². The van der Waals surface area contributed by atoms with Crippen LogP contribution in [0.3, 0.4) is 0 Å². The number of hydrogen-bond donors (Lipinski definition) is 1. The van der Waals surface area contributed by atoms with Crippen molar-refractivity contribution in [3.63, 3.8) is 0 Å². The van der Waals surface area contributed by atoms with Crippen LogP contribution in [0.5, 0.6) is 5.75 Å². The molecule has 5 heteroatoms. The number of rotatable bonds is 5. The van der Waals surface area contributed by atoms with Crippen LogP contribution in [0.2, 0.25) is 0 Å². The van der Waals surface area contributed by atoms with Gasteiger partial charge in [-0.2, -0.15) is 0 Å². The molecule has 0 bridgehead atoms. The molecule has 0 fully saturated rings. The maximum absolute atomic E-state index is 12.2. The highest BCUT2D eigenvalue weighted by molar-refractivity contribution is 6.05. The summed E-state index contributed by atoms with van der Waals surface area (Å²) in [6.45, 7) is 4.06. The van der Waals surface area contributed by atoms with E-state index in [2.05, 4.69) is 5.32 Å². The summed E-state index contributed by atoms with van der Waals surface area (Å²) in [5.41, 5.74) is 1.42. The maximum atomic E-state index is 12.2. The van der Waals surface area contributed by atoms with Crippen molar-refractivity contribution in [3.05, 3.63) is 59.2 Å². The Morgan fingerprint density at radius 3 is 2.41 bits per heavy atom. The molecule has 0 aliphatic rings. The van der Waals surface area contributed by atoms with Crippen molar-refractivity contribution in [2.45, 2.75) is 13.8 Å². The van der Waals surface area contributed by atoms with Crippen molar-refractivity contribution in [3.8, 4) is 5.75 Å². The first-order valence-electron chi connectivity index (χ1n) is 6.88. The number of aromatic carboxylic acids is 1. The summed E-state index contributed by atoms with van der Waals surface area (Å²) < 4.78 is 5.32. The van der Waals surface area contributed by atoms with Crippen LogP contribution in [-0.4, -0.2) is 18.5 Å². The van der Waals surface area contributed by atoms with Gasteiger partial charge < -0.3 is 20.0 Å². The molecule has 5 nitrogen and oxygen atoms in total. The topological polar surface area (TPSA) is 78.5 Å². The Hall–Kier alpha value is -2.82. The molecule has 0 unspecified atom stereocenters. The van der Waals surface area contributed by atoms with Gasteiger partial charge in [-0.1, -0.05) is 12.1 Å². The van der Waals surface area contributed by atoms with Crippen LogP contribution in [0.4, 0.5) is 5.69 Å². The smallest absolute Gasteiger partial charge is 0.255 e. The van der Waals surface area contributed by atoms with Crippen molar-refractivity contribution in [2.75, 3.05) is 11.9 Å². The molecular weight excluding hydrogens is 282 g/mol. The van der Waals surface area contributed by atoms with E-state index in [0.29, 0.717) is 29.2 Å². The second-order valence-corrected chi connectivity index (χ2v) is 4.68. The number of nitrogens with one attached hydrogen (secondary N) is 1. The molecule has 2 aromatic rings. The summed E-state index contributed by atoms with van der Waals surface area (Å²) in [5, 5.41) is 13.7. The largest absolute Gasteiger partial charge is 0.545 e. The first-order valence-corrected chi connectivity index (χ1v) is 6.88. The molecule has 114 valence electrons. The van der Waals surface area contributed by atoms with Crippen LogP contribution in [-0.2, 0) is 0 Å². The molecule has 0 saturated carbocycles. The summed E-state index contributed by atoms with van der Waals surface area (Å²) in [6, 6.07) is 11.4. The maximum Gasteiger partial charge on any atom is 0.255 e. The van der Waals surface area contributed by atoms with Crippen LogP contribution in [0, 0.1) is 6.92 Å². The Bertz CT molecular complexity index is 692. The number of anilines is 1. The fourth-order valence-corrected chi connectivity index (χ4v) is 2.06. The highest BCUT2D eigenvalue weighted by atomic mass is 16.5. The first-order chi connectivity index (χ1) is 10.5. The molecule has 0 radical (unpaired) electrons. The molecule has 1 N–H and O–H groups in total. The van der Waals surface area contributed by atoms with Gasteiger partial charge in [-0.3, -0.25) is 4.79 Å². The van der Waals surface area contributed by atoms with E-state index in [-0.39, 0.29) is 11.5 Å². The van der Waals surface area contributed by atoms with Crippen LogP contribution in [0.1, 0.15) is 33.2 Å². The van der Waals surface area contributed by atoms with Crippen LogP contribution in [0.15, 0.2) is 42.5 Å². The van der Waals surface area contributed by atoms with Gasteiger partial charge in [0.2, 0.25) is 0 Å². The zero-order valence-electron chi connectivity index (χ0n) is 12.4. The number of hydrogen-bond acceptors (Lipinski definition) is 4. The molecule has 0 aliphatic heterocycles. The van der Waals surface area contributed by atoms with E-state index in [1.165, 1.54) is 6.07 Å². The van der Waals surface area contributed by atoms with Crippen molar-refractivity contribution in [1.82, 2.24) is 0 Å². The highest BCUT2D eigenvalue weighted by Gasteiger charge is 2.10. The van der Waals surface area contributed by atoms with Gasteiger partial charge in [0.15, 0.2) is 0 Å². The van der Waals surface area contributed by atoms with Crippen LogP contribution in [0.25, 0.3) is 0 Å². The summed E-state index contributed by atoms with van der Waals surface area (Å²) in [5.74, 6) is -0.898. The highest BCUT2D eigenvalue weighted by Crippen LogP contribution is 2.20. The molecular formula is C17H16NO4-. The molecule has 0 atom stereocenters. The quantitative estimate of drug-likeness (QED) is 0.916. The van der Waals surface area contributed by atoms with E-state index >= 15 is 0 Å². The van der Waals surface area contributed by atoms with E-state index < -0.39 is 5.97 Å². The van der Waals surface area contributed by atoms with Gasteiger partial charge >= 0.3 is 0 Å². The predicted octanol–water partition coefficient (Wildman–Crippen LogP) is 2.01. The first kappa shape index (κ1) is 15.6. The van der Waals surface area contributed by atoms with Gasteiger partial charge in [0.1, 0.15) is 5.75 Å². The second kappa shape index (κ2) is 6.76. The number of carboxylic acids is 1. The zero-order valence-corrected chi connectivity index (χ0v) is 12.4. The van der Waals surface area contributed by atoms with E-state index in [4.69, 9.17) is 4.74 Å². The van der Waals surface area contributed by atoms with Crippen molar-refractivity contribution in [1.29, 1.82) is 0 Å². The lowest BCUT2D eigenvalue weighted by Crippen LogP contribution is -2.24. The molecule has 2 aromatic carbocycles. The van der Waals surface area contributed by atoms with Gasteiger partial charge in [-0.25, -0.2) is 0 Å². The average Bonchev–Trinajstić information content (AvgIpc) is 2.50. The second-order valence-electron chi connectivity index (χ2n) is 4.68. The van der Waals surface area contributed by atoms with E-state index in [9.17, 15) is 14.7 Å². The van der Waals surface area contributed by atoms with E-state index in [1.807, 2.05) is 6.92 Å². The molecule has 0 spiro atoms. The molecule has 1 amide bonds. The number of carbonyl (C=O) groups excluding carboxylic acids is 2. The third kappa shape index (κ3) is 3.44.